The molecule has 10 heteroatoms. The van der Waals surface area contributed by atoms with Crippen molar-refractivity contribution in [3.8, 4) is 17.0 Å². The molecular formula is C27H32Cl3FN4O2. The standard InChI is InChI=1S/C27H30ClFN4O2.2ClH/c1-33(2)14-15-3-7-18(8-4-15)31-24-19(26(34)16-5-6-16)13-30-23-10-9-22(32-25(23)24)17-11-20(28)27(35)21(29)12-17;;/h9-13,15-16,18,35H,3-8,14H2,1-2H3,(H,30,31);2*1H. The average Bonchev–Trinajstić information content (AvgIpc) is 3.68. The van der Waals surface area contributed by atoms with Crippen LogP contribution in [-0.2, 0) is 0 Å². The van der Waals surface area contributed by atoms with Crippen LogP contribution in [0.25, 0.3) is 22.3 Å². The number of benzene rings is 1. The highest BCUT2D eigenvalue weighted by Crippen LogP contribution is 2.38. The Kier molecular flexibility index (Phi) is 9.62. The zero-order valence-electron chi connectivity index (χ0n) is 20.8. The van der Waals surface area contributed by atoms with Crippen molar-refractivity contribution >= 4 is 58.9 Å². The number of aromatic nitrogens is 2. The van der Waals surface area contributed by atoms with Crippen molar-refractivity contribution < 1.29 is 14.3 Å². The summed E-state index contributed by atoms with van der Waals surface area (Å²) in [7, 11) is 4.22. The quantitative estimate of drug-likeness (QED) is 0.306. The lowest BCUT2D eigenvalue weighted by Gasteiger charge is -2.31. The van der Waals surface area contributed by atoms with Gasteiger partial charge in [0.25, 0.3) is 0 Å². The van der Waals surface area contributed by atoms with Crippen LogP contribution in [0.3, 0.4) is 0 Å². The summed E-state index contributed by atoms with van der Waals surface area (Å²) >= 11 is 6.01. The maximum Gasteiger partial charge on any atom is 0.170 e. The van der Waals surface area contributed by atoms with Gasteiger partial charge in [-0.1, -0.05) is 11.6 Å². The molecule has 0 unspecified atom stereocenters. The van der Waals surface area contributed by atoms with Gasteiger partial charge in [0, 0.05) is 30.3 Å². The van der Waals surface area contributed by atoms with Gasteiger partial charge in [-0.2, -0.15) is 0 Å². The van der Waals surface area contributed by atoms with Gasteiger partial charge in [-0.15, -0.1) is 24.8 Å². The SMILES string of the molecule is CN(C)CC1CCC(Nc2c(C(=O)C3CC3)cnc3ccc(-c4cc(F)c(O)c(Cl)c4)nc23)CC1.Cl.Cl. The molecule has 0 radical (unpaired) electrons. The Morgan fingerprint density at radius 1 is 1.14 bits per heavy atom. The van der Waals surface area contributed by atoms with Crippen molar-refractivity contribution in [3.05, 3.63) is 46.9 Å². The number of nitrogens with one attached hydrogen (secondary N) is 1. The van der Waals surface area contributed by atoms with Crippen LogP contribution >= 0.6 is 36.4 Å². The van der Waals surface area contributed by atoms with Gasteiger partial charge >= 0.3 is 0 Å². The highest BCUT2D eigenvalue weighted by Gasteiger charge is 2.33. The Morgan fingerprint density at radius 3 is 2.46 bits per heavy atom. The molecule has 2 aromatic heterocycles. The van der Waals surface area contributed by atoms with E-state index in [4.69, 9.17) is 16.6 Å². The molecule has 0 atom stereocenters. The van der Waals surface area contributed by atoms with E-state index in [1.54, 1.807) is 12.3 Å². The summed E-state index contributed by atoms with van der Waals surface area (Å²) in [5.41, 5.74) is 3.49. The van der Waals surface area contributed by atoms with Crippen molar-refractivity contribution in [1.29, 1.82) is 0 Å². The van der Waals surface area contributed by atoms with Crippen LogP contribution in [0.15, 0.2) is 30.5 Å². The third kappa shape index (κ3) is 6.45. The Bertz CT molecular complexity index is 1250. The number of phenolic OH excluding ortho intramolecular Hbond substituents is 1. The lowest BCUT2D eigenvalue weighted by Crippen LogP contribution is -2.31. The number of anilines is 1. The number of Topliss-reactive ketones (excluding diaryl/α,β-unsaturated/α-hetero) is 1. The van der Waals surface area contributed by atoms with Gasteiger partial charge in [0.15, 0.2) is 17.3 Å². The van der Waals surface area contributed by atoms with Crippen molar-refractivity contribution in [2.75, 3.05) is 26.0 Å². The highest BCUT2D eigenvalue weighted by atomic mass is 35.5. The summed E-state index contributed by atoms with van der Waals surface area (Å²) < 4.78 is 14.2. The van der Waals surface area contributed by atoms with Gasteiger partial charge < -0.3 is 15.3 Å². The summed E-state index contributed by atoms with van der Waals surface area (Å²) in [6.45, 7) is 1.09. The highest BCUT2D eigenvalue weighted by molar-refractivity contribution is 6.32. The number of halogens is 4. The van der Waals surface area contributed by atoms with Crippen LogP contribution in [0.4, 0.5) is 10.1 Å². The number of hydrogen-bond acceptors (Lipinski definition) is 6. The number of carbonyl (C=O) groups is 1. The van der Waals surface area contributed by atoms with Crippen LogP contribution in [0.1, 0.15) is 48.9 Å². The molecule has 0 spiro atoms. The number of ketones is 1. The van der Waals surface area contributed by atoms with Gasteiger partial charge in [0.2, 0.25) is 0 Å². The first-order chi connectivity index (χ1) is 16.8. The molecule has 3 aromatic rings. The summed E-state index contributed by atoms with van der Waals surface area (Å²) in [4.78, 5) is 24.7. The molecule has 0 amide bonds. The third-order valence-corrected chi connectivity index (χ3v) is 7.35. The number of phenols is 1. The van der Waals surface area contributed by atoms with E-state index < -0.39 is 11.6 Å². The first kappa shape index (κ1) is 29.4. The average molecular weight is 570 g/mol. The first-order valence-corrected chi connectivity index (χ1v) is 12.6. The predicted octanol–water partition coefficient (Wildman–Crippen LogP) is 6.76. The van der Waals surface area contributed by atoms with E-state index in [0.29, 0.717) is 33.8 Å². The molecule has 2 fully saturated rings. The minimum absolute atomic E-state index is 0. The van der Waals surface area contributed by atoms with E-state index in [1.165, 1.54) is 12.1 Å². The fraction of sp³-hybridized carbons (Fsp3) is 0.444. The second kappa shape index (κ2) is 12.1. The molecule has 5 rings (SSSR count). The summed E-state index contributed by atoms with van der Waals surface area (Å²) in [6.07, 6.45) is 7.80. The summed E-state index contributed by atoms with van der Waals surface area (Å²) in [6, 6.07) is 6.51. The van der Waals surface area contributed by atoms with Gasteiger partial charge in [-0.3, -0.25) is 9.78 Å². The molecule has 2 aliphatic rings. The van der Waals surface area contributed by atoms with E-state index in [2.05, 4.69) is 29.3 Å². The smallest absolute Gasteiger partial charge is 0.170 e. The number of nitrogens with zero attached hydrogens (tertiary/aromatic N) is 3. The summed E-state index contributed by atoms with van der Waals surface area (Å²) in [5.74, 6) is -0.544. The fourth-order valence-electron chi connectivity index (χ4n) is 5.05. The van der Waals surface area contributed by atoms with E-state index in [1.807, 2.05) is 6.07 Å². The first-order valence-electron chi connectivity index (χ1n) is 12.2. The number of fused-ring (bicyclic) bond motifs is 1. The van der Waals surface area contributed by atoms with Gasteiger partial charge in [-0.05, 0) is 82.8 Å². The van der Waals surface area contributed by atoms with E-state index >= 15 is 0 Å². The van der Waals surface area contributed by atoms with E-state index in [9.17, 15) is 14.3 Å². The molecule has 2 saturated carbocycles. The molecule has 0 bridgehead atoms. The Labute approximate surface area is 233 Å². The second-order valence-electron chi connectivity index (χ2n) is 10.2. The normalized spacial score (nSPS) is 19.3. The molecule has 200 valence electrons. The predicted molar refractivity (Wildman–Crippen MR) is 151 cm³/mol. The minimum atomic E-state index is -0.807. The molecule has 6 nitrogen and oxygen atoms in total. The Hall–Kier alpha value is -2.19. The molecular weight excluding hydrogens is 538 g/mol. The lowest BCUT2D eigenvalue weighted by atomic mass is 9.85. The number of hydrogen-bond donors (Lipinski definition) is 2. The molecule has 2 N–H and O–H groups in total. The topological polar surface area (TPSA) is 78.4 Å². The van der Waals surface area contributed by atoms with E-state index in [-0.39, 0.29) is 47.6 Å². The minimum Gasteiger partial charge on any atom is -0.504 e. The zero-order valence-corrected chi connectivity index (χ0v) is 23.2. The monoisotopic (exact) mass is 568 g/mol. The maximum absolute atomic E-state index is 14.2. The molecule has 0 saturated heterocycles. The van der Waals surface area contributed by atoms with Crippen LogP contribution < -0.4 is 5.32 Å². The molecule has 37 heavy (non-hydrogen) atoms. The van der Waals surface area contributed by atoms with Crippen LogP contribution in [0.5, 0.6) is 5.75 Å². The van der Waals surface area contributed by atoms with Crippen LogP contribution in [-0.4, -0.2) is 52.4 Å². The molecule has 2 heterocycles. The largest absolute Gasteiger partial charge is 0.504 e. The van der Waals surface area contributed by atoms with Crippen LogP contribution in [0.2, 0.25) is 5.02 Å². The number of carbonyl (C=O) groups excluding carboxylic acids is 1. The van der Waals surface area contributed by atoms with Gasteiger partial charge in [-0.25, -0.2) is 9.37 Å². The molecule has 2 aliphatic carbocycles. The van der Waals surface area contributed by atoms with E-state index in [0.717, 1.165) is 50.8 Å². The van der Waals surface area contributed by atoms with Crippen molar-refractivity contribution in [3.63, 3.8) is 0 Å². The zero-order chi connectivity index (χ0) is 24.7. The van der Waals surface area contributed by atoms with Crippen LogP contribution in [0, 0.1) is 17.7 Å². The number of pyridine rings is 2. The van der Waals surface area contributed by atoms with Crippen molar-refractivity contribution in [1.82, 2.24) is 14.9 Å². The fourth-order valence-corrected chi connectivity index (χ4v) is 5.26. The lowest BCUT2D eigenvalue weighted by molar-refractivity contribution is 0.0968. The van der Waals surface area contributed by atoms with Gasteiger partial charge in [0.1, 0.15) is 5.52 Å². The number of rotatable bonds is 7. The van der Waals surface area contributed by atoms with Gasteiger partial charge in [0.05, 0.1) is 27.5 Å². The summed E-state index contributed by atoms with van der Waals surface area (Å²) in [5, 5.41) is 13.3. The van der Waals surface area contributed by atoms with Crippen molar-refractivity contribution in [2.24, 2.45) is 11.8 Å². The second-order valence-corrected chi connectivity index (χ2v) is 10.6. The Balaban J connectivity index is 0.00000190. The number of aromatic hydroxyl groups is 1. The maximum atomic E-state index is 14.2. The Morgan fingerprint density at radius 2 is 1.84 bits per heavy atom. The van der Waals surface area contributed by atoms with Crippen molar-refractivity contribution in [2.45, 2.75) is 44.6 Å². The molecule has 1 aromatic carbocycles. The third-order valence-electron chi connectivity index (χ3n) is 7.06. The molecule has 0 aliphatic heterocycles.